The van der Waals surface area contributed by atoms with E-state index in [-0.39, 0.29) is 6.42 Å². The van der Waals surface area contributed by atoms with Gasteiger partial charge >= 0.3 is 12.1 Å². The highest BCUT2D eigenvalue weighted by molar-refractivity contribution is 5.86. The Morgan fingerprint density at radius 3 is 2.32 bits per heavy atom. The maximum Gasteiger partial charge on any atom is 0.412 e. The Morgan fingerprint density at radius 1 is 1.23 bits per heavy atom. The van der Waals surface area contributed by atoms with Crippen molar-refractivity contribution in [1.29, 1.82) is 0 Å². The van der Waals surface area contributed by atoms with Crippen molar-refractivity contribution < 1.29 is 24.5 Å². The largest absolute Gasteiger partial charge is 0.479 e. The molecule has 1 aromatic carbocycles. The van der Waals surface area contributed by atoms with E-state index in [2.05, 4.69) is 5.32 Å². The number of carboxylic acid groups (broad SMARTS) is 1. The van der Waals surface area contributed by atoms with Crippen LogP contribution in [0.5, 0.6) is 0 Å². The standard InChI is InChI=1S/C16H23NO5/c1-10-6-7-11(9-16(5,21)13(18)19)8-12(10)17-14(20)22-15(2,3)4/h6-8,21H,9H2,1-5H3,(H,17,20)(H,18,19). The molecule has 0 aromatic heterocycles. The number of aliphatic carboxylic acids is 1. The van der Waals surface area contributed by atoms with Crippen LogP contribution in [-0.2, 0) is 16.0 Å². The summed E-state index contributed by atoms with van der Waals surface area (Å²) >= 11 is 0. The van der Waals surface area contributed by atoms with Crippen LogP contribution in [0.2, 0.25) is 0 Å². The van der Waals surface area contributed by atoms with Crippen LogP contribution in [0.3, 0.4) is 0 Å². The van der Waals surface area contributed by atoms with Crippen molar-refractivity contribution in [2.24, 2.45) is 0 Å². The third kappa shape index (κ3) is 5.37. The Kier molecular flexibility index (Phi) is 5.19. The maximum atomic E-state index is 11.8. The predicted molar refractivity (Wildman–Crippen MR) is 83.0 cm³/mol. The number of hydrogen-bond acceptors (Lipinski definition) is 4. The number of carboxylic acids is 1. The molecule has 0 saturated heterocycles. The number of carbonyl (C=O) groups is 2. The van der Waals surface area contributed by atoms with Gasteiger partial charge in [0.1, 0.15) is 5.60 Å². The summed E-state index contributed by atoms with van der Waals surface area (Å²) in [4.78, 5) is 22.8. The molecule has 0 spiro atoms. The SMILES string of the molecule is Cc1ccc(CC(C)(O)C(=O)O)cc1NC(=O)OC(C)(C)C. The minimum absolute atomic E-state index is 0.0639. The normalized spacial score (nSPS) is 14.1. The molecule has 1 rings (SSSR count). The lowest BCUT2D eigenvalue weighted by atomic mass is 9.95. The molecular formula is C16H23NO5. The van der Waals surface area contributed by atoms with Gasteiger partial charge in [-0.3, -0.25) is 5.32 Å². The van der Waals surface area contributed by atoms with E-state index in [1.54, 1.807) is 39.0 Å². The quantitative estimate of drug-likeness (QED) is 0.794. The molecule has 1 atom stereocenters. The fraction of sp³-hybridized carbons (Fsp3) is 0.500. The van der Waals surface area contributed by atoms with E-state index in [0.717, 1.165) is 5.56 Å². The number of amides is 1. The third-order valence-corrected chi connectivity index (χ3v) is 2.95. The summed E-state index contributed by atoms with van der Waals surface area (Å²) in [6, 6.07) is 5.10. The first-order valence-electron chi connectivity index (χ1n) is 6.96. The number of aliphatic hydroxyl groups is 1. The highest BCUT2D eigenvalue weighted by atomic mass is 16.6. The highest BCUT2D eigenvalue weighted by Gasteiger charge is 2.30. The number of benzene rings is 1. The van der Waals surface area contributed by atoms with Crippen LogP contribution in [0.25, 0.3) is 0 Å². The van der Waals surface area contributed by atoms with E-state index in [9.17, 15) is 14.7 Å². The molecule has 0 aliphatic heterocycles. The smallest absolute Gasteiger partial charge is 0.412 e. The summed E-state index contributed by atoms with van der Waals surface area (Å²) in [6.07, 6.45) is -0.649. The zero-order chi connectivity index (χ0) is 17.1. The number of carbonyl (C=O) groups excluding carboxylic acids is 1. The highest BCUT2D eigenvalue weighted by Crippen LogP contribution is 2.21. The van der Waals surface area contributed by atoms with E-state index in [1.165, 1.54) is 6.92 Å². The van der Waals surface area contributed by atoms with Crippen LogP contribution < -0.4 is 5.32 Å². The Morgan fingerprint density at radius 2 is 1.82 bits per heavy atom. The van der Waals surface area contributed by atoms with Gasteiger partial charge in [-0.2, -0.15) is 0 Å². The van der Waals surface area contributed by atoms with Crippen molar-refractivity contribution in [3.63, 3.8) is 0 Å². The van der Waals surface area contributed by atoms with Gasteiger partial charge in [-0.05, 0) is 51.8 Å². The Balaban J connectivity index is 2.91. The molecule has 0 radical (unpaired) electrons. The maximum absolute atomic E-state index is 11.8. The van der Waals surface area contributed by atoms with Gasteiger partial charge in [-0.1, -0.05) is 12.1 Å². The first kappa shape index (κ1) is 18.0. The van der Waals surface area contributed by atoms with Crippen LogP contribution in [0, 0.1) is 6.92 Å². The summed E-state index contributed by atoms with van der Waals surface area (Å²) in [5, 5.41) is 21.4. The molecule has 122 valence electrons. The van der Waals surface area contributed by atoms with E-state index in [4.69, 9.17) is 9.84 Å². The number of hydrogen-bond donors (Lipinski definition) is 3. The molecule has 1 amide bonds. The topological polar surface area (TPSA) is 95.9 Å². The molecule has 1 aromatic rings. The van der Waals surface area contributed by atoms with E-state index in [0.29, 0.717) is 11.3 Å². The van der Waals surface area contributed by atoms with Crippen molar-refractivity contribution >= 4 is 17.7 Å². The van der Waals surface area contributed by atoms with E-state index < -0.39 is 23.3 Å². The Hall–Kier alpha value is -2.08. The molecule has 6 heteroatoms. The van der Waals surface area contributed by atoms with Gasteiger partial charge in [-0.15, -0.1) is 0 Å². The van der Waals surface area contributed by atoms with Crippen molar-refractivity contribution in [2.75, 3.05) is 5.32 Å². The van der Waals surface area contributed by atoms with Crippen LogP contribution >= 0.6 is 0 Å². The number of ether oxygens (including phenoxy) is 1. The second-order valence-electron chi connectivity index (χ2n) is 6.53. The zero-order valence-electron chi connectivity index (χ0n) is 13.6. The van der Waals surface area contributed by atoms with Gasteiger partial charge in [0.2, 0.25) is 0 Å². The van der Waals surface area contributed by atoms with Crippen LogP contribution in [0.4, 0.5) is 10.5 Å². The lowest BCUT2D eigenvalue weighted by Crippen LogP contribution is -2.37. The summed E-state index contributed by atoms with van der Waals surface area (Å²) in [7, 11) is 0. The van der Waals surface area contributed by atoms with Gasteiger partial charge in [0, 0.05) is 12.1 Å². The summed E-state index contributed by atoms with van der Waals surface area (Å²) in [5.74, 6) is -1.30. The predicted octanol–water partition coefficient (Wildman–Crippen LogP) is 2.72. The Bertz CT molecular complexity index is 572. The van der Waals surface area contributed by atoms with E-state index in [1.807, 2.05) is 6.92 Å². The van der Waals surface area contributed by atoms with Crippen molar-refractivity contribution in [1.82, 2.24) is 0 Å². The number of nitrogens with one attached hydrogen (secondary N) is 1. The van der Waals surface area contributed by atoms with Crippen LogP contribution in [0.15, 0.2) is 18.2 Å². The lowest BCUT2D eigenvalue weighted by Gasteiger charge is -2.21. The molecule has 0 bridgehead atoms. The fourth-order valence-electron chi connectivity index (χ4n) is 1.80. The van der Waals surface area contributed by atoms with Crippen LogP contribution in [-0.4, -0.2) is 33.5 Å². The molecule has 0 fully saturated rings. The molecule has 0 heterocycles. The summed E-state index contributed by atoms with van der Waals surface area (Å²) in [6.45, 7) is 8.34. The summed E-state index contributed by atoms with van der Waals surface area (Å²) in [5.41, 5.74) is -0.539. The molecule has 3 N–H and O–H groups in total. The Labute approximate surface area is 130 Å². The molecule has 0 aliphatic rings. The van der Waals surface area contributed by atoms with Gasteiger partial charge in [0.05, 0.1) is 0 Å². The molecule has 22 heavy (non-hydrogen) atoms. The second-order valence-corrected chi connectivity index (χ2v) is 6.53. The molecule has 0 aliphatic carbocycles. The number of anilines is 1. The molecule has 0 saturated carbocycles. The zero-order valence-corrected chi connectivity index (χ0v) is 13.6. The fourth-order valence-corrected chi connectivity index (χ4v) is 1.80. The second kappa shape index (κ2) is 6.36. The third-order valence-electron chi connectivity index (χ3n) is 2.95. The van der Waals surface area contributed by atoms with Crippen LogP contribution in [0.1, 0.15) is 38.8 Å². The molecule has 1 unspecified atom stereocenters. The van der Waals surface area contributed by atoms with Crippen molar-refractivity contribution in [3.8, 4) is 0 Å². The molecule has 6 nitrogen and oxygen atoms in total. The van der Waals surface area contributed by atoms with Gasteiger partial charge < -0.3 is 14.9 Å². The number of aryl methyl sites for hydroxylation is 1. The van der Waals surface area contributed by atoms with Gasteiger partial charge in [0.15, 0.2) is 5.60 Å². The first-order chi connectivity index (χ1) is 9.90. The van der Waals surface area contributed by atoms with Crippen molar-refractivity contribution in [3.05, 3.63) is 29.3 Å². The van der Waals surface area contributed by atoms with Gasteiger partial charge in [0.25, 0.3) is 0 Å². The minimum atomic E-state index is -1.86. The average molecular weight is 309 g/mol. The van der Waals surface area contributed by atoms with Crippen molar-refractivity contribution in [2.45, 2.75) is 52.2 Å². The first-order valence-corrected chi connectivity index (χ1v) is 6.96. The van der Waals surface area contributed by atoms with E-state index >= 15 is 0 Å². The summed E-state index contributed by atoms with van der Waals surface area (Å²) < 4.78 is 5.18. The number of rotatable bonds is 4. The lowest BCUT2D eigenvalue weighted by molar-refractivity contribution is -0.156. The van der Waals surface area contributed by atoms with Gasteiger partial charge in [-0.25, -0.2) is 9.59 Å². The average Bonchev–Trinajstić information content (AvgIpc) is 2.30. The molecular weight excluding hydrogens is 286 g/mol. The minimum Gasteiger partial charge on any atom is -0.479 e. The monoisotopic (exact) mass is 309 g/mol.